The molecule has 0 aliphatic heterocycles. The van der Waals surface area contributed by atoms with Crippen LogP contribution in [0.4, 0.5) is 0 Å². The Morgan fingerprint density at radius 3 is 2.86 bits per heavy atom. The minimum absolute atomic E-state index is 0.0246. The van der Waals surface area contributed by atoms with Crippen molar-refractivity contribution in [1.82, 2.24) is 0 Å². The number of hydrogen-bond acceptors (Lipinski definition) is 3. The summed E-state index contributed by atoms with van der Waals surface area (Å²) in [5.41, 5.74) is 9.38. The first-order valence-corrected chi connectivity index (χ1v) is 8.68. The van der Waals surface area contributed by atoms with E-state index in [0.717, 1.165) is 25.7 Å². The van der Waals surface area contributed by atoms with E-state index in [1.54, 1.807) is 0 Å². The molecule has 2 fully saturated rings. The molecule has 3 atom stereocenters. The van der Waals surface area contributed by atoms with Crippen molar-refractivity contribution in [1.29, 1.82) is 0 Å². The van der Waals surface area contributed by atoms with Crippen molar-refractivity contribution in [3.05, 3.63) is 29.3 Å². The fourth-order valence-electron chi connectivity index (χ4n) is 4.44. The largest absolute Gasteiger partial charge is 0.426 e. The quantitative estimate of drug-likeness (QED) is 0.673. The van der Waals surface area contributed by atoms with Gasteiger partial charge in [-0.05, 0) is 61.3 Å². The molecule has 2 bridgehead atoms. The molecular formula is C19H25NO2. The van der Waals surface area contributed by atoms with Crippen molar-refractivity contribution < 1.29 is 9.53 Å². The minimum Gasteiger partial charge on any atom is -0.426 e. The number of rotatable bonds is 2. The van der Waals surface area contributed by atoms with Gasteiger partial charge in [0.05, 0.1) is 5.92 Å². The van der Waals surface area contributed by atoms with Crippen molar-refractivity contribution >= 4 is 5.97 Å². The summed E-state index contributed by atoms with van der Waals surface area (Å²) in [5.74, 6) is 1.37. The number of benzene rings is 1. The maximum Gasteiger partial charge on any atom is 0.314 e. The number of hydrogen-bond donors (Lipinski definition) is 1. The Labute approximate surface area is 132 Å². The Hall–Kier alpha value is -1.35. The fourth-order valence-corrected chi connectivity index (χ4v) is 4.44. The van der Waals surface area contributed by atoms with Crippen molar-refractivity contribution in [2.24, 2.45) is 17.6 Å². The molecule has 3 aliphatic carbocycles. The third-order valence-electron chi connectivity index (χ3n) is 6.07. The summed E-state index contributed by atoms with van der Waals surface area (Å²) in [7, 11) is 0. The summed E-state index contributed by atoms with van der Waals surface area (Å²) < 4.78 is 5.57. The molecule has 22 heavy (non-hydrogen) atoms. The molecule has 2 saturated carbocycles. The van der Waals surface area contributed by atoms with Crippen molar-refractivity contribution in [3.63, 3.8) is 0 Å². The van der Waals surface area contributed by atoms with Gasteiger partial charge in [0.1, 0.15) is 5.75 Å². The second kappa shape index (κ2) is 5.09. The smallest absolute Gasteiger partial charge is 0.314 e. The lowest BCUT2D eigenvalue weighted by atomic mass is 9.63. The van der Waals surface area contributed by atoms with Gasteiger partial charge in [-0.15, -0.1) is 0 Å². The SMILES string of the molecule is C[C@@]12CCCCC(Cc3ccc(OC(=O)C4CC4)cc31)[C@@H]2N. The summed E-state index contributed by atoms with van der Waals surface area (Å²) in [5, 5.41) is 0. The highest BCUT2D eigenvalue weighted by Gasteiger charge is 2.44. The van der Waals surface area contributed by atoms with Gasteiger partial charge in [-0.3, -0.25) is 4.79 Å². The van der Waals surface area contributed by atoms with Crippen LogP contribution in [0, 0.1) is 11.8 Å². The average Bonchev–Trinajstić information content (AvgIpc) is 3.34. The van der Waals surface area contributed by atoms with Crippen LogP contribution in [0.5, 0.6) is 5.75 Å². The van der Waals surface area contributed by atoms with Gasteiger partial charge in [-0.2, -0.15) is 0 Å². The van der Waals surface area contributed by atoms with E-state index in [1.807, 2.05) is 6.07 Å². The molecule has 1 unspecified atom stereocenters. The molecule has 0 aromatic heterocycles. The number of esters is 1. The van der Waals surface area contributed by atoms with Crippen molar-refractivity contribution in [2.75, 3.05) is 0 Å². The van der Waals surface area contributed by atoms with E-state index in [1.165, 1.54) is 30.4 Å². The molecule has 0 saturated heterocycles. The second-order valence-electron chi connectivity index (χ2n) is 7.67. The average molecular weight is 299 g/mol. The molecule has 3 aliphatic rings. The molecule has 3 heteroatoms. The third kappa shape index (κ3) is 2.26. The fraction of sp³-hybridized carbons (Fsp3) is 0.632. The lowest BCUT2D eigenvalue weighted by molar-refractivity contribution is -0.135. The van der Waals surface area contributed by atoms with E-state index in [-0.39, 0.29) is 23.3 Å². The zero-order chi connectivity index (χ0) is 15.3. The predicted octanol–water partition coefficient (Wildman–Crippen LogP) is 3.33. The molecular weight excluding hydrogens is 274 g/mol. The standard InChI is InChI=1S/C19H25NO2/c1-19-9-3-2-4-14(17(19)20)10-13-7-8-15(11-16(13)19)22-18(21)12-5-6-12/h7-8,11-12,14,17H,2-6,9-10,20H2,1H3/t14?,17-,19+/m0/s1. The van der Waals surface area contributed by atoms with Gasteiger partial charge < -0.3 is 10.5 Å². The number of ether oxygens (including phenoxy) is 1. The molecule has 1 aromatic carbocycles. The van der Waals surface area contributed by atoms with Crippen LogP contribution in [-0.2, 0) is 16.6 Å². The van der Waals surface area contributed by atoms with Gasteiger partial charge >= 0.3 is 5.97 Å². The Balaban J connectivity index is 1.69. The van der Waals surface area contributed by atoms with E-state index >= 15 is 0 Å². The lowest BCUT2D eigenvalue weighted by Crippen LogP contribution is -2.51. The number of carbonyl (C=O) groups is 1. The van der Waals surface area contributed by atoms with Crippen LogP contribution in [0.15, 0.2) is 18.2 Å². The molecule has 2 N–H and O–H groups in total. The van der Waals surface area contributed by atoms with E-state index in [2.05, 4.69) is 19.1 Å². The molecule has 0 radical (unpaired) electrons. The summed E-state index contributed by atoms with van der Waals surface area (Å²) in [4.78, 5) is 11.9. The van der Waals surface area contributed by atoms with E-state index in [0.29, 0.717) is 11.7 Å². The zero-order valence-corrected chi connectivity index (χ0v) is 13.3. The Bertz CT molecular complexity index is 607. The molecule has 1 aromatic rings. The number of carbonyl (C=O) groups excluding carboxylic acids is 1. The van der Waals surface area contributed by atoms with E-state index in [9.17, 15) is 4.79 Å². The number of fused-ring (bicyclic) bond motifs is 4. The topological polar surface area (TPSA) is 52.3 Å². The Kier molecular flexibility index (Phi) is 3.30. The maximum absolute atomic E-state index is 11.9. The highest BCUT2D eigenvalue weighted by molar-refractivity contribution is 5.77. The summed E-state index contributed by atoms with van der Waals surface area (Å²) in [6.07, 6.45) is 7.94. The molecule has 3 nitrogen and oxygen atoms in total. The maximum atomic E-state index is 11.9. The molecule has 0 spiro atoms. The first-order valence-electron chi connectivity index (χ1n) is 8.68. The second-order valence-corrected chi connectivity index (χ2v) is 7.67. The first-order chi connectivity index (χ1) is 10.6. The lowest BCUT2D eigenvalue weighted by Gasteiger charge is -2.44. The minimum atomic E-state index is -0.0658. The van der Waals surface area contributed by atoms with Gasteiger partial charge in [0.15, 0.2) is 0 Å². The molecule has 0 amide bonds. The molecule has 118 valence electrons. The van der Waals surface area contributed by atoms with Crippen LogP contribution in [0.2, 0.25) is 0 Å². The van der Waals surface area contributed by atoms with Crippen LogP contribution in [-0.4, -0.2) is 12.0 Å². The normalized spacial score (nSPS) is 33.7. The van der Waals surface area contributed by atoms with E-state index in [4.69, 9.17) is 10.5 Å². The summed E-state index contributed by atoms with van der Waals surface area (Å²) in [6.45, 7) is 2.31. The zero-order valence-electron chi connectivity index (χ0n) is 13.3. The van der Waals surface area contributed by atoms with Crippen LogP contribution >= 0.6 is 0 Å². The monoisotopic (exact) mass is 299 g/mol. The molecule has 4 rings (SSSR count). The van der Waals surface area contributed by atoms with Gasteiger partial charge in [-0.25, -0.2) is 0 Å². The van der Waals surface area contributed by atoms with Gasteiger partial charge in [0.2, 0.25) is 0 Å². The number of nitrogens with two attached hydrogens (primary N) is 1. The Morgan fingerprint density at radius 2 is 2.09 bits per heavy atom. The highest BCUT2D eigenvalue weighted by Crippen LogP contribution is 2.47. The highest BCUT2D eigenvalue weighted by atomic mass is 16.5. The van der Waals surface area contributed by atoms with Gasteiger partial charge in [-0.1, -0.05) is 25.8 Å². The van der Waals surface area contributed by atoms with Crippen LogP contribution in [0.3, 0.4) is 0 Å². The van der Waals surface area contributed by atoms with Crippen LogP contribution in [0.1, 0.15) is 56.6 Å². The van der Waals surface area contributed by atoms with Crippen LogP contribution < -0.4 is 10.5 Å². The van der Waals surface area contributed by atoms with Gasteiger partial charge in [0.25, 0.3) is 0 Å². The summed E-state index contributed by atoms with van der Waals surface area (Å²) in [6, 6.07) is 6.44. The molecule has 0 heterocycles. The first kappa shape index (κ1) is 14.3. The van der Waals surface area contributed by atoms with Gasteiger partial charge in [0, 0.05) is 11.5 Å². The van der Waals surface area contributed by atoms with E-state index < -0.39 is 0 Å². The summed E-state index contributed by atoms with van der Waals surface area (Å²) >= 11 is 0. The van der Waals surface area contributed by atoms with Crippen molar-refractivity contribution in [2.45, 2.75) is 63.3 Å². The van der Waals surface area contributed by atoms with Crippen LogP contribution in [0.25, 0.3) is 0 Å². The van der Waals surface area contributed by atoms with Crippen molar-refractivity contribution in [3.8, 4) is 5.75 Å². The predicted molar refractivity (Wildman–Crippen MR) is 85.8 cm³/mol. The Morgan fingerprint density at radius 1 is 1.27 bits per heavy atom. The third-order valence-corrected chi connectivity index (χ3v) is 6.07.